The molecule has 6 heteroatoms. The van der Waals surface area contributed by atoms with Gasteiger partial charge in [0.15, 0.2) is 0 Å². The summed E-state index contributed by atoms with van der Waals surface area (Å²) >= 11 is 0. The van der Waals surface area contributed by atoms with Gasteiger partial charge in [0.05, 0.1) is 25.5 Å². The molecular weight excluding hydrogens is 416 g/mol. The van der Waals surface area contributed by atoms with Gasteiger partial charge in [-0.15, -0.1) is 0 Å². The lowest BCUT2D eigenvalue weighted by Crippen LogP contribution is -2.33. The minimum Gasteiger partial charge on any atom is -0.497 e. The number of rotatable bonds is 6. The van der Waals surface area contributed by atoms with E-state index in [2.05, 4.69) is 5.32 Å². The molecule has 0 fully saturated rings. The molecule has 0 bridgehead atoms. The van der Waals surface area contributed by atoms with Gasteiger partial charge in [-0.3, -0.25) is 9.59 Å². The fourth-order valence-corrected chi connectivity index (χ4v) is 3.93. The van der Waals surface area contributed by atoms with Gasteiger partial charge in [0, 0.05) is 23.9 Å². The summed E-state index contributed by atoms with van der Waals surface area (Å²) in [7, 11) is 3.11. The van der Waals surface area contributed by atoms with Gasteiger partial charge in [-0.25, -0.2) is 4.90 Å². The van der Waals surface area contributed by atoms with Crippen LogP contribution in [0.25, 0.3) is 5.57 Å². The number of hydrogen-bond donors (Lipinski definition) is 1. The molecule has 6 nitrogen and oxygen atoms in total. The summed E-state index contributed by atoms with van der Waals surface area (Å²) in [6, 6.07) is 18.5. The Bertz CT molecular complexity index is 1250. The van der Waals surface area contributed by atoms with Crippen molar-refractivity contribution in [3.8, 4) is 11.5 Å². The average molecular weight is 443 g/mol. The smallest absolute Gasteiger partial charge is 0.282 e. The predicted molar refractivity (Wildman–Crippen MR) is 130 cm³/mol. The first-order chi connectivity index (χ1) is 15.8. The van der Waals surface area contributed by atoms with E-state index in [1.54, 1.807) is 32.4 Å². The van der Waals surface area contributed by atoms with E-state index in [0.717, 1.165) is 16.7 Å². The van der Waals surface area contributed by atoms with Crippen LogP contribution < -0.4 is 19.7 Å². The minimum atomic E-state index is -0.413. The number of ether oxygens (including phenoxy) is 2. The third-order valence-corrected chi connectivity index (χ3v) is 5.64. The summed E-state index contributed by atoms with van der Waals surface area (Å²) < 4.78 is 10.7. The molecule has 0 saturated heterocycles. The van der Waals surface area contributed by atoms with Gasteiger partial charge in [-0.1, -0.05) is 47.5 Å². The quantitative estimate of drug-likeness (QED) is 0.543. The van der Waals surface area contributed by atoms with Crippen molar-refractivity contribution in [2.24, 2.45) is 0 Å². The Hall–Kier alpha value is -4.06. The minimum absolute atomic E-state index is 0.208. The highest BCUT2D eigenvalue weighted by Gasteiger charge is 2.40. The number of carbonyl (C=O) groups excluding carboxylic acids is 2. The maximum atomic E-state index is 13.6. The van der Waals surface area contributed by atoms with Crippen molar-refractivity contribution in [2.75, 3.05) is 24.4 Å². The first-order valence-corrected chi connectivity index (χ1v) is 10.6. The van der Waals surface area contributed by atoms with Gasteiger partial charge in [0.2, 0.25) is 0 Å². The Morgan fingerprint density at radius 2 is 1.33 bits per heavy atom. The van der Waals surface area contributed by atoms with E-state index in [9.17, 15) is 9.59 Å². The number of hydrogen-bond acceptors (Lipinski definition) is 5. The van der Waals surface area contributed by atoms with Crippen LogP contribution >= 0.6 is 0 Å². The van der Waals surface area contributed by atoms with E-state index in [4.69, 9.17) is 9.47 Å². The number of amides is 2. The van der Waals surface area contributed by atoms with Crippen molar-refractivity contribution in [3.05, 3.63) is 88.6 Å². The predicted octanol–water partition coefficient (Wildman–Crippen LogP) is 5.03. The Morgan fingerprint density at radius 1 is 0.727 bits per heavy atom. The zero-order chi connectivity index (χ0) is 23.7. The zero-order valence-electron chi connectivity index (χ0n) is 19.4. The lowest BCUT2D eigenvalue weighted by atomic mass is 10.0. The van der Waals surface area contributed by atoms with Crippen LogP contribution in [0, 0.1) is 20.8 Å². The molecule has 33 heavy (non-hydrogen) atoms. The lowest BCUT2D eigenvalue weighted by Gasteiger charge is -2.18. The van der Waals surface area contributed by atoms with Crippen LogP contribution in [0.5, 0.6) is 11.5 Å². The molecule has 2 amide bonds. The average Bonchev–Trinajstić information content (AvgIpc) is 3.03. The molecule has 4 rings (SSSR count). The molecule has 1 N–H and O–H groups in total. The first-order valence-electron chi connectivity index (χ1n) is 10.6. The molecule has 0 saturated carbocycles. The summed E-state index contributed by atoms with van der Waals surface area (Å²) in [6.45, 7) is 5.85. The third-order valence-electron chi connectivity index (χ3n) is 5.64. The maximum Gasteiger partial charge on any atom is 0.282 e. The van der Waals surface area contributed by atoms with Crippen molar-refractivity contribution in [2.45, 2.75) is 20.8 Å². The van der Waals surface area contributed by atoms with Gasteiger partial charge < -0.3 is 14.8 Å². The normalized spacial score (nSPS) is 13.5. The van der Waals surface area contributed by atoms with Crippen molar-refractivity contribution in [1.82, 2.24) is 0 Å². The SMILES string of the molecule is COc1cc(NC2=C(c3ccc(C)cc3)C(=O)N(c3ccc(C)cc3C)C2=O)cc(OC)c1. The number of benzene rings is 3. The molecule has 0 atom stereocenters. The van der Waals surface area contributed by atoms with E-state index in [1.165, 1.54) is 4.90 Å². The molecule has 168 valence electrons. The van der Waals surface area contributed by atoms with Crippen LogP contribution in [0.15, 0.2) is 66.4 Å². The molecule has 3 aromatic rings. The molecule has 0 aromatic heterocycles. The standard InChI is InChI=1S/C27H26N2O4/c1-16-6-9-19(10-7-16)24-25(28-20-13-21(32-4)15-22(14-20)33-5)27(31)29(26(24)30)23-11-8-17(2)12-18(23)3/h6-15,28H,1-5H3. The number of anilines is 2. The van der Waals surface area contributed by atoms with E-state index in [-0.39, 0.29) is 11.6 Å². The topological polar surface area (TPSA) is 67.9 Å². The second-order valence-corrected chi connectivity index (χ2v) is 8.08. The highest BCUT2D eigenvalue weighted by Crippen LogP contribution is 2.36. The number of aryl methyl sites for hydroxylation is 3. The number of nitrogens with zero attached hydrogens (tertiary/aromatic N) is 1. The highest BCUT2D eigenvalue weighted by atomic mass is 16.5. The molecule has 1 aliphatic heterocycles. The first kappa shape index (κ1) is 22.1. The second kappa shape index (κ2) is 8.82. The Kier molecular flexibility index (Phi) is 5.92. The summed E-state index contributed by atoms with van der Waals surface area (Å²) in [5.41, 5.74) is 5.32. The second-order valence-electron chi connectivity index (χ2n) is 8.08. The van der Waals surface area contributed by atoms with Crippen molar-refractivity contribution >= 4 is 28.8 Å². The fourth-order valence-electron chi connectivity index (χ4n) is 3.93. The van der Waals surface area contributed by atoms with E-state index >= 15 is 0 Å². The summed E-state index contributed by atoms with van der Waals surface area (Å²) in [4.78, 5) is 28.5. The number of nitrogens with one attached hydrogen (secondary N) is 1. The van der Waals surface area contributed by atoms with Gasteiger partial charge in [-0.05, 0) is 38.0 Å². The monoisotopic (exact) mass is 442 g/mol. The van der Waals surface area contributed by atoms with Gasteiger partial charge in [0.1, 0.15) is 17.2 Å². The number of imide groups is 1. The molecule has 0 aliphatic carbocycles. The fraction of sp³-hybridized carbons (Fsp3) is 0.185. The highest BCUT2D eigenvalue weighted by molar-refractivity contribution is 6.46. The number of methoxy groups -OCH3 is 2. The molecule has 0 radical (unpaired) electrons. The zero-order valence-corrected chi connectivity index (χ0v) is 19.4. The molecule has 1 heterocycles. The van der Waals surface area contributed by atoms with Crippen LogP contribution in [0.1, 0.15) is 22.3 Å². The molecule has 1 aliphatic rings. The molecule has 3 aromatic carbocycles. The van der Waals surface area contributed by atoms with E-state index < -0.39 is 5.91 Å². The number of carbonyl (C=O) groups is 2. The van der Waals surface area contributed by atoms with Crippen LogP contribution in [-0.2, 0) is 9.59 Å². The summed E-state index contributed by atoms with van der Waals surface area (Å²) in [6.07, 6.45) is 0. The summed E-state index contributed by atoms with van der Waals surface area (Å²) in [5, 5.41) is 3.17. The van der Waals surface area contributed by atoms with Crippen LogP contribution in [0.2, 0.25) is 0 Å². The maximum absolute atomic E-state index is 13.6. The van der Waals surface area contributed by atoms with Gasteiger partial charge in [0.25, 0.3) is 11.8 Å². The van der Waals surface area contributed by atoms with Crippen LogP contribution in [-0.4, -0.2) is 26.0 Å². The molecular formula is C27H26N2O4. The van der Waals surface area contributed by atoms with Crippen molar-refractivity contribution in [1.29, 1.82) is 0 Å². The van der Waals surface area contributed by atoms with Crippen molar-refractivity contribution in [3.63, 3.8) is 0 Å². The van der Waals surface area contributed by atoms with Crippen LogP contribution in [0.4, 0.5) is 11.4 Å². The molecule has 0 spiro atoms. The molecule has 0 unspecified atom stereocenters. The summed E-state index contributed by atoms with van der Waals surface area (Å²) in [5.74, 6) is 0.354. The van der Waals surface area contributed by atoms with Crippen LogP contribution in [0.3, 0.4) is 0 Å². The Labute approximate surface area is 193 Å². The third kappa shape index (κ3) is 4.20. The van der Waals surface area contributed by atoms with E-state index in [1.807, 2.05) is 63.2 Å². The lowest BCUT2D eigenvalue weighted by molar-refractivity contribution is -0.120. The van der Waals surface area contributed by atoms with Crippen molar-refractivity contribution < 1.29 is 19.1 Å². The Balaban J connectivity index is 1.85. The van der Waals surface area contributed by atoms with Gasteiger partial charge >= 0.3 is 0 Å². The van der Waals surface area contributed by atoms with Gasteiger partial charge in [-0.2, -0.15) is 0 Å². The Morgan fingerprint density at radius 3 is 1.91 bits per heavy atom. The largest absolute Gasteiger partial charge is 0.497 e. The van der Waals surface area contributed by atoms with E-state index in [0.29, 0.717) is 34.0 Å².